The van der Waals surface area contributed by atoms with Crippen LogP contribution in [0.25, 0.3) is 0 Å². The van der Waals surface area contributed by atoms with Gasteiger partial charge in [-0.1, -0.05) is 0 Å². The van der Waals surface area contributed by atoms with E-state index in [2.05, 4.69) is 15.1 Å². The molecule has 0 atom stereocenters. The number of aromatic nitrogens is 4. The third kappa shape index (κ3) is 2.47. The van der Waals surface area contributed by atoms with Crippen LogP contribution in [0.15, 0.2) is 17.0 Å². The second-order valence-electron chi connectivity index (χ2n) is 3.20. The number of hydrogen-bond acceptors (Lipinski definition) is 5. The number of oxazole rings is 1. The first-order valence-electron chi connectivity index (χ1n) is 4.50. The zero-order valence-corrected chi connectivity index (χ0v) is 8.55. The third-order valence-electron chi connectivity index (χ3n) is 1.86. The Kier molecular flexibility index (Phi) is 2.77. The Morgan fingerprint density at radius 2 is 2.22 bits per heavy atom. The molecular weight excluding hydrogens is 257 g/mol. The quantitative estimate of drug-likeness (QED) is 0.887. The molecule has 0 bridgehead atoms. The average Bonchev–Trinajstić information content (AvgIpc) is 2.85. The normalized spacial score (nSPS) is 11.7. The molecule has 2 aromatic heterocycles. The first kappa shape index (κ1) is 12.1. The minimum Gasteiger partial charge on any atom is -0.476 e. The Morgan fingerprint density at radius 3 is 2.72 bits per heavy atom. The van der Waals surface area contributed by atoms with Gasteiger partial charge < -0.3 is 9.52 Å². The van der Waals surface area contributed by atoms with Crippen molar-refractivity contribution in [2.75, 3.05) is 0 Å². The molecule has 1 N–H and O–H groups in total. The van der Waals surface area contributed by atoms with Gasteiger partial charge in [0.2, 0.25) is 5.89 Å². The fourth-order valence-corrected chi connectivity index (χ4v) is 1.12. The van der Waals surface area contributed by atoms with Crippen LogP contribution < -0.4 is 0 Å². The fraction of sp³-hybridized carbons (Fsp3) is 0.250. The Morgan fingerprint density at radius 1 is 1.50 bits per heavy atom. The molecule has 10 heteroatoms. The fourth-order valence-electron chi connectivity index (χ4n) is 1.12. The minimum absolute atomic E-state index is 0.0778. The predicted molar refractivity (Wildman–Crippen MR) is 47.6 cm³/mol. The Labute approximate surface area is 96.9 Å². The number of nitrogens with zero attached hydrogens (tertiary/aromatic N) is 4. The van der Waals surface area contributed by atoms with E-state index in [9.17, 15) is 18.0 Å². The van der Waals surface area contributed by atoms with Crippen molar-refractivity contribution in [3.8, 4) is 0 Å². The van der Waals surface area contributed by atoms with Crippen LogP contribution in [0.1, 0.15) is 22.2 Å². The number of carboxylic acids is 1. The highest BCUT2D eigenvalue weighted by atomic mass is 19.4. The monoisotopic (exact) mass is 262 g/mol. The van der Waals surface area contributed by atoms with Gasteiger partial charge in [-0.05, 0) is 0 Å². The summed E-state index contributed by atoms with van der Waals surface area (Å²) in [5, 5.41) is 11.7. The summed E-state index contributed by atoms with van der Waals surface area (Å²) < 4.78 is 42.2. The van der Waals surface area contributed by atoms with Crippen LogP contribution in [0.2, 0.25) is 0 Å². The van der Waals surface area contributed by atoms with Gasteiger partial charge in [0.15, 0.2) is 5.69 Å². The highest BCUT2D eigenvalue weighted by Gasteiger charge is 2.35. The summed E-state index contributed by atoms with van der Waals surface area (Å²) in [4.78, 5) is 17.1. The lowest BCUT2D eigenvalue weighted by Gasteiger charge is -1.98. The molecule has 0 saturated carbocycles. The molecule has 0 amide bonds. The highest BCUT2D eigenvalue weighted by Crippen LogP contribution is 2.25. The molecule has 2 rings (SSSR count). The molecule has 0 radical (unpaired) electrons. The van der Waals surface area contributed by atoms with Crippen LogP contribution >= 0.6 is 0 Å². The summed E-state index contributed by atoms with van der Waals surface area (Å²) in [6.45, 7) is -0.240. The number of hydrogen-bond donors (Lipinski definition) is 1. The molecule has 0 aliphatic heterocycles. The summed E-state index contributed by atoms with van der Waals surface area (Å²) in [6, 6.07) is 0. The summed E-state index contributed by atoms with van der Waals surface area (Å²) in [5.41, 5.74) is -0.332. The van der Waals surface area contributed by atoms with Crippen LogP contribution in [0.5, 0.6) is 0 Å². The zero-order valence-electron chi connectivity index (χ0n) is 8.55. The molecule has 18 heavy (non-hydrogen) atoms. The molecule has 2 aromatic rings. The Bertz CT molecular complexity index is 574. The Hall–Kier alpha value is -2.39. The first-order chi connectivity index (χ1) is 8.36. The van der Waals surface area contributed by atoms with Crippen LogP contribution in [-0.2, 0) is 12.7 Å². The average molecular weight is 262 g/mol. The molecule has 0 aliphatic rings. The summed E-state index contributed by atoms with van der Waals surface area (Å²) in [6.07, 6.45) is -2.89. The first-order valence-corrected chi connectivity index (χ1v) is 4.50. The van der Waals surface area contributed by atoms with Gasteiger partial charge in [-0.3, -0.25) is 0 Å². The SMILES string of the molecule is O=C(O)c1coc(Cn2cnc(C(F)(F)F)n2)n1. The van der Waals surface area contributed by atoms with Gasteiger partial charge >= 0.3 is 12.1 Å². The number of halogens is 3. The van der Waals surface area contributed by atoms with Crippen molar-refractivity contribution in [2.24, 2.45) is 0 Å². The van der Waals surface area contributed by atoms with E-state index in [0.29, 0.717) is 0 Å². The van der Waals surface area contributed by atoms with Crippen LogP contribution in [0.4, 0.5) is 13.2 Å². The number of aromatic carboxylic acids is 1. The van der Waals surface area contributed by atoms with Crippen molar-refractivity contribution in [3.05, 3.63) is 30.0 Å². The largest absolute Gasteiger partial charge is 0.476 e. The van der Waals surface area contributed by atoms with Gasteiger partial charge in [0, 0.05) is 0 Å². The summed E-state index contributed by atoms with van der Waals surface area (Å²) in [5.74, 6) is -2.65. The molecule has 96 valence electrons. The Balaban J connectivity index is 2.14. The van der Waals surface area contributed by atoms with Crippen molar-refractivity contribution in [1.29, 1.82) is 0 Å². The second kappa shape index (κ2) is 4.13. The molecule has 0 unspecified atom stereocenters. The van der Waals surface area contributed by atoms with Crippen molar-refractivity contribution >= 4 is 5.97 Å². The lowest BCUT2D eigenvalue weighted by Crippen LogP contribution is -2.09. The molecule has 2 heterocycles. The number of carboxylic acid groups (broad SMARTS) is 1. The van der Waals surface area contributed by atoms with E-state index in [1.165, 1.54) is 0 Å². The van der Waals surface area contributed by atoms with Crippen molar-refractivity contribution < 1.29 is 27.5 Å². The van der Waals surface area contributed by atoms with Gasteiger partial charge in [0.25, 0.3) is 5.82 Å². The maximum atomic E-state index is 12.2. The topological polar surface area (TPSA) is 94.0 Å². The van der Waals surface area contributed by atoms with Crippen LogP contribution in [0.3, 0.4) is 0 Å². The lowest BCUT2D eigenvalue weighted by atomic mass is 10.5. The van der Waals surface area contributed by atoms with E-state index in [4.69, 9.17) is 9.52 Å². The number of carbonyl (C=O) groups is 1. The second-order valence-corrected chi connectivity index (χ2v) is 3.20. The van der Waals surface area contributed by atoms with Crippen LogP contribution in [0, 0.1) is 0 Å². The summed E-state index contributed by atoms with van der Waals surface area (Å²) in [7, 11) is 0. The lowest BCUT2D eigenvalue weighted by molar-refractivity contribution is -0.145. The van der Waals surface area contributed by atoms with E-state index in [-0.39, 0.29) is 18.1 Å². The number of rotatable bonds is 3. The van der Waals surface area contributed by atoms with Crippen LogP contribution in [-0.4, -0.2) is 30.8 Å². The molecular formula is C8H5F3N4O3. The van der Waals surface area contributed by atoms with E-state index in [1.54, 1.807) is 0 Å². The highest BCUT2D eigenvalue weighted by molar-refractivity contribution is 5.84. The standard InChI is InChI=1S/C8H5F3N4O3/c9-8(10,11)7-12-3-15(14-7)1-5-13-4(2-18-5)6(16)17/h2-3H,1H2,(H,16,17). The molecule has 7 nitrogen and oxygen atoms in total. The van der Waals surface area contributed by atoms with Gasteiger partial charge in [-0.15, -0.1) is 5.10 Å². The maximum Gasteiger partial charge on any atom is 0.453 e. The van der Waals surface area contributed by atoms with Gasteiger partial charge in [0.05, 0.1) is 0 Å². The third-order valence-corrected chi connectivity index (χ3v) is 1.86. The zero-order chi connectivity index (χ0) is 13.3. The van der Waals surface area contributed by atoms with E-state index in [1.807, 2.05) is 0 Å². The number of alkyl halides is 3. The molecule has 0 fully saturated rings. The molecule has 0 spiro atoms. The molecule has 0 saturated heterocycles. The minimum atomic E-state index is -4.63. The van der Waals surface area contributed by atoms with Crippen molar-refractivity contribution in [3.63, 3.8) is 0 Å². The van der Waals surface area contributed by atoms with E-state index < -0.39 is 18.0 Å². The molecule has 0 aliphatic carbocycles. The smallest absolute Gasteiger partial charge is 0.453 e. The van der Waals surface area contributed by atoms with Gasteiger partial charge in [-0.25, -0.2) is 19.4 Å². The molecule has 0 aromatic carbocycles. The van der Waals surface area contributed by atoms with Crippen molar-refractivity contribution in [1.82, 2.24) is 19.7 Å². The maximum absolute atomic E-state index is 12.2. The van der Waals surface area contributed by atoms with E-state index in [0.717, 1.165) is 17.3 Å². The van der Waals surface area contributed by atoms with Crippen molar-refractivity contribution in [2.45, 2.75) is 12.7 Å². The van der Waals surface area contributed by atoms with Gasteiger partial charge in [-0.2, -0.15) is 13.2 Å². The summed E-state index contributed by atoms with van der Waals surface area (Å²) >= 11 is 0. The van der Waals surface area contributed by atoms with E-state index >= 15 is 0 Å². The van der Waals surface area contributed by atoms with Gasteiger partial charge in [0.1, 0.15) is 19.1 Å². The predicted octanol–water partition coefficient (Wildman–Crippen LogP) is 1.03.